The molecule has 0 amide bonds. The average molecular weight is 260 g/mol. The van der Waals surface area contributed by atoms with Crippen LogP contribution in [-0.2, 0) is 0 Å². The number of hydrogen-bond acceptors (Lipinski definition) is 2. The molecule has 2 N–H and O–H groups in total. The van der Waals surface area contributed by atoms with Gasteiger partial charge in [-0.05, 0) is 44.4 Å². The van der Waals surface area contributed by atoms with E-state index in [4.69, 9.17) is 23.2 Å². The Morgan fingerprint density at radius 2 is 2.12 bits per heavy atom. The molecule has 2 nitrogen and oxygen atoms in total. The van der Waals surface area contributed by atoms with E-state index in [9.17, 15) is 5.11 Å². The first-order chi connectivity index (χ1) is 7.58. The Morgan fingerprint density at radius 1 is 1.44 bits per heavy atom. The molecule has 1 aliphatic carbocycles. The van der Waals surface area contributed by atoms with E-state index in [-0.39, 0.29) is 11.8 Å². The zero-order chi connectivity index (χ0) is 11.7. The molecule has 88 valence electrons. The van der Waals surface area contributed by atoms with Gasteiger partial charge in [0.1, 0.15) is 5.75 Å². The minimum Gasteiger partial charge on any atom is -0.506 e. The molecule has 0 bridgehead atoms. The largest absolute Gasteiger partial charge is 0.506 e. The van der Waals surface area contributed by atoms with Gasteiger partial charge in [0, 0.05) is 16.6 Å². The quantitative estimate of drug-likeness (QED) is 0.863. The minimum atomic E-state index is 0.0665. The molecule has 0 aromatic heterocycles. The van der Waals surface area contributed by atoms with Crippen LogP contribution in [-0.4, -0.2) is 11.7 Å². The van der Waals surface area contributed by atoms with Gasteiger partial charge in [0.15, 0.2) is 0 Å². The summed E-state index contributed by atoms with van der Waals surface area (Å²) in [7, 11) is 0. The number of halogens is 2. The van der Waals surface area contributed by atoms with Crippen LogP contribution in [0.1, 0.15) is 31.4 Å². The summed E-state index contributed by atoms with van der Waals surface area (Å²) < 4.78 is 0. The van der Waals surface area contributed by atoms with Crippen molar-refractivity contribution in [2.45, 2.75) is 25.8 Å². The fourth-order valence-corrected chi connectivity index (χ4v) is 2.20. The Hall–Kier alpha value is -0.440. The highest BCUT2D eigenvalue weighted by molar-refractivity contribution is 6.35. The van der Waals surface area contributed by atoms with E-state index < -0.39 is 0 Å². The molecule has 0 saturated heterocycles. The molecule has 16 heavy (non-hydrogen) atoms. The van der Waals surface area contributed by atoms with E-state index >= 15 is 0 Å². The number of phenolic OH excluding ortho intramolecular Hbond substituents is 1. The van der Waals surface area contributed by atoms with Gasteiger partial charge in [-0.2, -0.15) is 0 Å². The van der Waals surface area contributed by atoms with Crippen molar-refractivity contribution in [1.82, 2.24) is 5.32 Å². The predicted molar refractivity (Wildman–Crippen MR) is 67.3 cm³/mol. The molecule has 1 atom stereocenters. The smallest absolute Gasteiger partial charge is 0.139 e. The van der Waals surface area contributed by atoms with Gasteiger partial charge in [-0.25, -0.2) is 0 Å². The molecular formula is C12H15Cl2NO. The highest BCUT2D eigenvalue weighted by atomic mass is 35.5. The van der Waals surface area contributed by atoms with Crippen LogP contribution >= 0.6 is 23.2 Å². The number of benzene rings is 1. The third-order valence-corrected chi connectivity index (χ3v) is 3.44. The van der Waals surface area contributed by atoms with Crippen molar-refractivity contribution in [2.75, 3.05) is 6.54 Å². The second-order valence-corrected chi connectivity index (χ2v) is 5.24. The Morgan fingerprint density at radius 3 is 2.75 bits per heavy atom. The Balaban J connectivity index is 2.10. The second-order valence-electron chi connectivity index (χ2n) is 4.40. The summed E-state index contributed by atoms with van der Waals surface area (Å²) >= 11 is 11.8. The molecule has 0 radical (unpaired) electrons. The van der Waals surface area contributed by atoms with Crippen molar-refractivity contribution in [1.29, 1.82) is 0 Å². The fraction of sp³-hybridized carbons (Fsp3) is 0.500. The molecule has 1 aliphatic rings. The molecule has 1 aromatic rings. The maximum atomic E-state index is 9.84. The van der Waals surface area contributed by atoms with Gasteiger partial charge in [-0.3, -0.25) is 0 Å². The maximum Gasteiger partial charge on any atom is 0.139 e. The van der Waals surface area contributed by atoms with Gasteiger partial charge in [0.2, 0.25) is 0 Å². The molecule has 0 spiro atoms. The first-order valence-corrected chi connectivity index (χ1v) is 6.25. The van der Waals surface area contributed by atoms with Crippen LogP contribution in [0.4, 0.5) is 0 Å². The van der Waals surface area contributed by atoms with E-state index in [1.54, 1.807) is 12.1 Å². The van der Waals surface area contributed by atoms with Gasteiger partial charge < -0.3 is 10.4 Å². The summed E-state index contributed by atoms with van der Waals surface area (Å²) in [4.78, 5) is 0. The van der Waals surface area contributed by atoms with E-state index in [2.05, 4.69) is 5.32 Å². The Kier molecular flexibility index (Phi) is 3.63. The van der Waals surface area contributed by atoms with E-state index in [0.29, 0.717) is 10.0 Å². The topological polar surface area (TPSA) is 32.3 Å². The summed E-state index contributed by atoms with van der Waals surface area (Å²) in [5, 5.41) is 14.1. The first-order valence-electron chi connectivity index (χ1n) is 5.49. The van der Waals surface area contributed by atoms with Crippen LogP contribution in [0.15, 0.2) is 12.1 Å². The van der Waals surface area contributed by atoms with Crippen molar-refractivity contribution in [3.05, 3.63) is 27.7 Å². The normalized spacial score (nSPS) is 17.4. The Labute approximate surface area is 106 Å². The van der Waals surface area contributed by atoms with Crippen molar-refractivity contribution < 1.29 is 5.11 Å². The van der Waals surface area contributed by atoms with Gasteiger partial charge in [0.05, 0.1) is 5.02 Å². The molecule has 0 heterocycles. The van der Waals surface area contributed by atoms with Crippen LogP contribution in [0.25, 0.3) is 0 Å². The zero-order valence-electron chi connectivity index (χ0n) is 9.13. The number of aromatic hydroxyl groups is 1. The van der Waals surface area contributed by atoms with Crippen LogP contribution in [0.2, 0.25) is 10.0 Å². The molecule has 1 fully saturated rings. The lowest BCUT2D eigenvalue weighted by molar-refractivity contribution is 0.451. The van der Waals surface area contributed by atoms with Crippen molar-refractivity contribution >= 4 is 23.2 Å². The third kappa shape index (κ3) is 2.82. The van der Waals surface area contributed by atoms with E-state index in [1.165, 1.54) is 12.8 Å². The molecule has 1 saturated carbocycles. The number of rotatable bonds is 4. The lowest BCUT2D eigenvalue weighted by Gasteiger charge is -2.16. The van der Waals surface area contributed by atoms with Crippen molar-refractivity contribution in [2.24, 2.45) is 5.92 Å². The molecule has 2 rings (SSSR count). The van der Waals surface area contributed by atoms with E-state index in [1.807, 2.05) is 6.92 Å². The molecule has 1 aromatic carbocycles. The second kappa shape index (κ2) is 4.82. The number of nitrogens with one attached hydrogen (secondary N) is 1. The molecule has 1 unspecified atom stereocenters. The van der Waals surface area contributed by atoms with Gasteiger partial charge in [-0.15, -0.1) is 0 Å². The summed E-state index contributed by atoms with van der Waals surface area (Å²) in [6, 6.07) is 3.37. The monoisotopic (exact) mass is 259 g/mol. The maximum absolute atomic E-state index is 9.84. The van der Waals surface area contributed by atoms with E-state index in [0.717, 1.165) is 18.0 Å². The molecule has 4 heteroatoms. The van der Waals surface area contributed by atoms with Crippen LogP contribution in [0, 0.1) is 5.92 Å². The lowest BCUT2D eigenvalue weighted by atomic mass is 10.1. The summed E-state index contributed by atoms with van der Waals surface area (Å²) in [6.45, 7) is 2.99. The average Bonchev–Trinajstić information content (AvgIpc) is 3.03. The zero-order valence-corrected chi connectivity index (χ0v) is 10.6. The first kappa shape index (κ1) is 12.0. The SMILES string of the molecule is CC(NCC1CC1)c1cc(Cl)cc(Cl)c1O. The highest BCUT2D eigenvalue weighted by Crippen LogP contribution is 2.35. The summed E-state index contributed by atoms with van der Waals surface area (Å²) in [5.41, 5.74) is 0.762. The number of phenols is 1. The summed E-state index contributed by atoms with van der Waals surface area (Å²) in [5.74, 6) is 0.932. The fourth-order valence-electron chi connectivity index (χ4n) is 1.69. The minimum absolute atomic E-state index is 0.0665. The highest BCUT2D eigenvalue weighted by Gasteiger charge is 2.22. The molecule has 0 aliphatic heterocycles. The lowest BCUT2D eigenvalue weighted by Crippen LogP contribution is -2.21. The number of hydrogen-bond donors (Lipinski definition) is 2. The Bertz CT molecular complexity index is 391. The van der Waals surface area contributed by atoms with Gasteiger partial charge in [0.25, 0.3) is 0 Å². The van der Waals surface area contributed by atoms with Crippen molar-refractivity contribution in [3.8, 4) is 5.75 Å². The predicted octanol–water partition coefficient (Wildman–Crippen LogP) is 3.76. The van der Waals surface area contributed by atoms with Crippen LogP contribution in [0.5, 0.6) is 5.75 Å². The van der Waals surface area contributed by atoms with Crippen LogP contribution in [0.3, 0.4) is 0 Å². The van der Waals surface area contributed by atoms with Crippen LogP contribution < -0.4 is 5.32 Å². The van der Waals surface area contributed by atoms with Gasteiger partial charge in [-0.1, -0.05) is 23.2 Å². The molecular weight excluding hydrogens is 245 g/mol. The van der Waals surface area contributed by atoms with Crippen molar-refractivity contribution in [3.63, 3.8) is 0 Å². The third-order valence-electron chi connectivity index (χ3n) is 2.93. The standard InChI is InChI=1S/C12H15Cl2NO/c1-7(15-6-8-2-3-8)10-4-9(13)5-11(14)12(10)16/h4-5,7-8,15-16H,2-3,6H2,1H3. The summed E-state index contributed by atoms with van der Waals surface area (Å²) in [6.07, 6.45) is 2.62. The van der Waals surface area contributed by atoms with Gasteiger partial charge >= 0.3 is 0 Å².